The molecule has 1 N–H and O–H groups in total. The van der Waals surface area contributed by atoms with Gasteiger partial charge in [-0.1, -0.05) is 29.3 Å². The molecule has 0 bridgehead atoms. The first-order chi connectivity index (χ1) is 15.4. The van der Waals surface area contributed by atoms with E-state index in [1.807, 2.05) is 12.1 Å². The number of rotatable bonds is 5. The molecule has 172 valence electrons. The molecule has 1 aromatic carbocycles. The van der Waals surface area contributed by atoms with Gasteiger partial charge in [-0.3, -0.25) is 0 Å². The average Bonchev–Trinajstić information content (AvgIpc) is 3.33. The van der Waals surface area contributed by atoms with E-state index in [4.69, 9.17) is 23.2 Å². The van der Waals surface area contributed by atoms with Gasteiger partial charge in [-0.2, -0.15) is 4.31 Å². The van der Waals surface area contributed by atoms with E-state index in [2.05, 4.69) is 15.2 Å². The topological polar surface area (TPSA) is 85.8 Å². The van der Waals surface area contributed by atoms with Crippen molar-refractivity contribution in [2.45, 2.75) is 24.3 Å². The van der Waals surface area contributed by atoms with Crippen LogP contribution in [0.2, 0.25) is 10.0 Å². The molecule has 2 aliphatic rings. The fourth-order valence-electron chi connectivity index (χ4n) is 3.97. The first-order valence-electron chi connectivity index (χ1n) is 10.5. The summed E-state index contributed by atoms with van der Waals surface area (Å²) in [5.41, 5.74) is 0.977. The first-order valence-corrected chi connectivity index (χ1v) is 12.7. The molecule has 1 aromatic heterocycles. The molecular formula is C21H25Cl2N5O3S. The van der Waals surface area contributed by atoms with Crippen LogP contribution in [0.4, 0.5) is 10.6 Å². The van der Waals surface area contributed by atoms with Crippen molar-refractivity contribution in [3.8, 4) is 0 Å². The van der Waals surface area contributed by atoms with Gasteiger partial charge in [0.05, 0.1) is 10.0 Å². The van der Waals surface area contributed by atoms with Crippen LogP contribution >= 0.6 is 23.2 Å². The van der Waals surface area contributed by atoms with Gasteiger partial charge in [0.25, 0.3) is 0 Å². The lowest BCUT2D eigenvalue weighted by Crippen LogP contribution is -2.53. The molecule has 0 aliphatic carbocycles. The average molecular weight is 498 g/mol. The summed E-state index contributed by atoms with van der Waals surface area (Å²) in [5, 5.41) is 3.09. The van der Waals surface area contributed by atoms with Crippen LogP contribution in [-0.4, -0.2) is 67.9 Å². The van der Waals surface area contributed by atoms with Crippen LogP contribution in [0.25, 0.3) is 0 Å². The van der Waals surface area contributed by atoms with Crippen molar-refractivity contribution in [2.24, 2.45) is 0 Å². The molecule has 2 aromatic rings. The third-order valence-electron chi connectivity index (χ3n) is 5.73. The number of carbonyl (C=O) groups is 1. The number of amides is 2. The Balaban J connectivity index is 1.32. The molecule has 2 amide bonds. The molecule has 4 rings (SSSR count). The molecule has 0 saturated carbocycles. The van der Waals surface area contributed by atoms with Gasteiger partial charge in [-0.15, -0.1) is 0 Å². The highest BCUT2D eigenvalue weighted by molar-refractivity contribution is 7.89. The lowest BCUT2D eigenvalue weighted by Gasteiger charge is -2.34. The maximum atomic E-state index is 13.0. The second-order valence-electron chi connectivity index (χ2n) is 7.82. The largest absolute Gasteiger partial charge is 0.357 e. The molecule has 2 aliphatic heterocycles. The summed E-state index contributed by atoms with van der Waals surface area (Å²) in [6, 6.07) is 8.26. The minimum Gasteiger partial charge on any atom is -0.357 e. The van der Waals surface area contributed by atoms with Crippen molar-refractivity contribution in [3.05, 3.63) is 52.1 Å². The lowest BCUT2D eigenvalue weighted by molar-refractivity contribution is 0.172. The predicted octanol–water partition coefficient (Wildman–Crippen LogP) is 3.20. The van der Waals surface area contributed by atoms with Gasteiger partial charge in [0.15, 0.2) is 0 Å². The number of hydrogen-bond acceptors (Lipinski definition) is 5. The monoisotopic (exact) mass is 497 g/mol. The minimum atomic E-state index is -3.84. The second kappa shape index (κ2) is 9.82. The maximum Gasteiger partial charge on any atom is 0.317 e. The van der Waals surface area contributed by atoms with Gasteiger partial charge in [0.2, 0.25) is 10.0 Å². The number of halogens is 2. The molecule has 8 nitrogen and oxygen atoms in total. The lowest BCUT2D eigenvalue weighted by atomic mass is 10.2. The Bertz CT molecular complexity index is 1060. The molecule has 3 heterocycles. The van der Waals surface area contributed by atoms with Gasteiger partial charge in [0.1, 0.15) is 10.7 Å². The number of urea groups is 1. The number of benzene rings is 1. The van der Waals surface area contributed by atoms with Crippen LogP contribution in [0, 0.1) is 0 Å². The van der Waals surface area contributed by atoms with Crippen LogP contribution < -0.4 is 10.2 Å². The number of sulfonamides is 1. The van der Waals surface area contributed by atoms with E-state index in [1.54, 1.807) is 17.2 Å². The normalized spacial score (nSPS) is 17.6. The quantitative estimate of drug-likeness (QED) is 0.685. The van der Waals surface area contributed by atoms with Gasteiger partial charge in [-0.25, -0.2) is 18.2 Å². The summed E-state index contributed by atoms with van der Waals surface area (Å²) >= 11 is 12.2. The number of piperazine rings is 1. The molecule has 0 unspecified atom stereocenters. The molecule has 0 radical (unpaired) electrons. The summed E-state index contributed by atoms with van der Waals surface area (Å²) in [5.74, 6) is 0.936. The Labute approximate surface area is 198 Å². The predicted molar refractivity (Wildman–Crippen MR) is 125 cm³/mol. The van der Waals surface area contributed by atoms with Crippen LogP contribution in [-0.2, 0) is 16.6 Å². The van der Waals surface area contributed by atoms with Crippen LogP contribution in [0.3, 0.4) is 0 Å². The van der Waals surface area contributed by atoms with E-state index in [0.29, 0.717) is 6.54 Å². The summed E-state index contributed by atoms with van der Waals surface area (Å²) in [4.78, 5) is 20.8. The molecule has 2 fully saturated rings. The molecule has 0 atom stereocenters. The fraction of sp³-hybridized carbons (Fsp3) is 0.429. The standard InChI is InChI=1S/C21H25Cl2N5O3S/c22-17-4-3-5-18(23)20(17)32(30,31)28-12-10-27(11-13-28)21(29)25-15-16-6-7-24-19(14-16)26-8-1-2-9-26/h3-7,14H,1-2,8-13,15H2,(H,25,29). The fourth-order valence-corrected chi connectivity index (χ4v) is 6.48. The zero-order valence-electron chi connectivity index (χ0n) is 17.5. The van der Waals surface area contributed by atoms with Crippen LogP contribution in [0.5, 0.6) is 0 Å². The van der Waals surface area contributed by atoms with Crippen molar-refractivity contribution >= 4 is 45.1 Å². The molecular weight excluding hydrogens is 473 g/mol. The van der Waals surface area contributed by atoms with E-state index in [1.165, 1.54) is 29.3 Å². The van der Waals surface area contributed by atoms with Gasteiger partial charge >= 0.3 is 6.03 Å². The SMILES string of the molecule is O=C(NCc1ccnc(N2CCCC2)c1)N1CCN(S(=O)(=O)c2c(Cl)cccc2Cl)CC1. The summed E-state index contributed by atoms with van der Waals surface area (Å²) in [7, 11) is -3.84. The van der Waals surface area contributed by atoms with Gasteiger partial charge in [-0.05, 0) is 42.7 Å². The van der Waals surface area contributed by atoms with E-state index in [-0.39, 0.29) is 47.2 Å². The van der Waals surface area contributed by atoms with Crippen molar-refractivity contribution in [2.75, 3.05) is 44.2 Å². The Hall–Kier alpha value is -2.07. The number of anilines is 1. The third kappa shape index (κ3) is 4.96. The molecule has 32 heavy (non-hydrogen) atoms. The summed E-state index contributed by atoms with van der Waals surface area (Å²) in [6.07, 6.45) is 4.11. The van der Waals surface area contributed by atoms with Crippen molar-refractivity contribution < 1.29 is 13.2 Å². The first kappa shape index (κ1) is 23.1. The zero-order valence-corrected chi connectivity index (χ0v) is 19.8. The number of hydrogen-bond donors (Lipinski definition) is 1. The number of nitrogens with one attached hydrogen (secondary N) is 1. The summed E-state index contributed by atoms with van der Waals surface area (Å²) in [6.45, 7) is 3.31. The highest BCUT2D eigenvalue weighted by Gasteiger charge is 2.33. The highest BCUT2D eigenvalue weighted by atomic mass is 35.5. The van der Waals surface area contributed by atoms with Crippen molar-refractivity contribution in [1.29, 1.82) is 0 Å². The van der Waals surface area contributed by atoms with E-state index < -0.39 is 10.0 Å². The van der Waals surface area contributed by atoms with Crippen LogP contribution in [0.1, 0.15) is 18.4 Å². The Morgan fingerprint density at radius 2 is 1.66 bits per heavy atom. The number of carbonyl (C=O) groups excluding carboxylic acids is 1. The minimum absolute atomic E-state index is 0.0864. The summed E-state index contributed by atoms with van der Waals surface area (Å²) < 4.78 is 27.3. The van der Waals surface area contributed by atoms with Crippen LogP contribution in [0.15, 0.2) is 41.4 Å². The number of pyridine rings is 1. The Kier molecular flexibility index (Phi) is 7.09. The zero-order chi connectivity index (χ0) is 22.7. The number of nitrogens with zero attached hydrogens (tertiary/aromatic N) is 4. The van der Waals surface area contributed by atoms with Crippen molar-refractivity contribution in [3.63, 3.8) is 0 Å². The smallest absolute Gasteiger partial charge is 0.317 e. The van der Waals surface area contributed by atoms with E-state index >= 15 is 0 Å². The van der Waals surface area contributed by atoms with E-state index in [9.17, 15) is 13.2 Å². The highest BCUT2D eigenvalue weighted by Crippen LogP contribution is 2.31. The maximum absolute atomic E-state index is 13.0. The van der Waals surface area contributed by atoms with Gasteiger partial charge in [0, 0.05) is 52.0 Å². The molecule has 11 heteroatoms. The van der Waals surface area contributed by atoms with Crippen molar-refractivity contribution in [1.82, 2.24) is 19.5 Å². The third-order valence-corrected chi connectivity index (χ3v) is 8.58. The molecule has 2 saturated heterocycles. The Morgan fingerprint density at radius 3 is 2.31 bits per heavy atom. The molecule has 0 spiro atoms. The Morgan fingerprint density at radius 1 is 1.00 bits per heavy atom. The number of aromatic nitrogens is 1. The van der Waals surface area contributed by atoms with E-state index in [0.717, 1.165) is 24.5 Å². The van der Waals surface area contributed by atoms with Gasteiger partial charge < -0.3 is 15.1 Å². The second-order valence-corrected chi connectivity index (χ2v) is 10.5.